The third kappa shape index (κ3) is 14.6. The van der Waals surface area contributed by atoms with Gasteiger partial charge in [0.15, 0.2) is 0 Å². The molecule has 0 bridgehead atoms. The summed E-state index contributed by atoms with van der Waals surface area (Å²) in [7, 11) is 0. The van der Waals surface area contributed by atoms with E-state index < -0.39 is 6.10 Å². The summed E-state index contributed by atoms with van der Waals surface area (Å²) in [6.07, 6.45) is 14.6. The van der Waals surface area contributed by atoms with Crippen LogP contribution < -0.4 is 0 Å². The normalized spacial score (nSPS) is 13.0. The van der Waals surface area contributed by atoms with E-state index in [9.17, 15) is 5.11 Å². The zero-order valence-corrected chi connectivity index (χ0v) is 14.4. The second-order valence-corrected chi connectivity index (χ2v) is 6.20. The number of hydrogen-bond acceptors (Lipinski definition) is 3. The fraction of sp³-hybridized carbons (Fsp3) is 1.00. The minimum absolute atomic E-state index is 0.209. The maximum atomic E-state index is 9.41. The zero-order chi connectivity index (χ0) is 15.8. The van der Waals surface area contributed by atoms with E-state index in [-0.39, 0.29) is 19.3 Å². The number of aliphatic hydroxyl groups is 2. The van der Waals surface area contributed by atoms with Crippen LogP contribution in [-0.2, 0) is 4.74 Å². The first-order chi connectivity index (χ1) is 10.2. The summed E-state index contributed by atoms with van der Waals surface area (Å²) < 4.78 is 5.80. The second kappa shape index (κ2) is 16.3. The number of ether oxygens (including phenoxy) is 1. The highest BCUT2D eigenvalue weighted by Crippen LogP contribution is 2.16. The van der Waals surface area contributed by atoms with Crippen molar-refractivity contribution in [3.8, 4) is 0 Å². The molecule has 2 N–H and O–H groups in total. The SMILES string of the molecule is CCCCCCCC(CCCCCCC)OCC(O)CO. The Morgan fingerprint density at radius 1 is 0.762 bits per heavy atom. The van der Waals surface area contributed by atoms with Crippen LogP contribution in [0.4, 0.5) is 0 Å². The van der Waals surface area contributed by atoms with Crippen molar-refractivity contribution in [2.45, 2.75) is 103 Å². The summed E-state index contributed by atoms with van der Waals surface area (Å²) in [5.41, 5.74) is 0. The van der Waals surface area contributed by atoms with Crippen molar-refractivity contribution in [3.63, 3.8) is 0 Å². The van der Waals surface area contributed by atoms with Crippen LogP contribution in [0.15, 0.2) is 0 Å². The average molecular weight is 302 g/mol. The van der Waals surface area contributed by atoms with Crippen LogP contribution in [0, 0.1) is 0 Å². The molecule has 0 aromatic rings. The van der Waals surface area contributed by atoms with Crippen LogP contribution in [0.5, 0.6) is 0 Å². The molecule has 0 aliphatic carbocycles. The Kier molecular flexibility index (Phi) is 16.2. The van der Waals surface area contributed by atoms with Crippen molar-refractivity contribution < 1.29 is 14.9 Å². The van der Waals surface area contributed by atoms with Crippen molar-refractivity contribution in [1.82, 2.24) is 0 Å². The highest BCUT2D eigenvalue weighted by Gasteiger charge is 2.11. The largest absolute Gasteiger partial charge is 0.394 e. The van der Waals surface area contributed by atoms with E-state index in [1.54, 1.807) is 0 Å². The fourth-order valence-electron chi connectivity index (χ4n) is 2.56. The molecule has 0 saturated heterocycles. The molecule has 0 heterocycles. The topological polar surface area (TPSA) is 49.7 Å². The predicted molar refractivity (Wildman–Crippen MR) is 89.6 cm³/mol. The summed E-state index contributed by atoms with van der Waals surface area (Å²) in [4.78, 5) is 0. The summed E-state index contributed by atoms with van der Waals surface area (Å²) >= 11 is 0. The minimum atomic E-state index is -0.729. The van der Waals surface area contributed by atoms with Crippen molar-refractivity contribution in [2.24, 2.45) is 0 Å². The first kappa shape index (κ1) is 20.9. The molecule has 0 aromatic carbocycles. The van der Waals surface area contributed by atoms with Crippen molar-refractivity contribution in [2.75, 3.05) is 13.2 Å². The van der Waals surface area contributed by atoms with E-state index in [1.807, 2.05) is 0 Å². The van der Waals surface area contributed by atoms with E-state index >= 15 is 0 Å². The monoisotopic (exact) mass is 302 g/mol. The molecule has 0 radical (unpaired) electrons. The first-order valence-electron chi connectivity index (χ1n) is 9.15. The number of rotatable bonds is 16. The van der Waals surface area contributed by atoms with Crippen molar-refractivity contribution >= 4 is 0 Å². The molecule has 0 spiro atoms. The van der Waals surface area contributed by atoms with E-state index in [0.29, 0.717) is 0 Å². The molecule has 3 nitrogen and oxygen atoms in total. The Hall–Kier alpha value is -0.120. The van der Waals surface area contributed by atoms with Crippen LogP contribution in [0.25, 0.3) is 0 Å². The summed E-state index contributed by atoms with van der Waals surface area (Å²) in [6, 6.07) is 0. The molecule has 0 aliphatic rings. The molecular formula is C18H38O3. The number of unbranched alkanes of at least 4 members (excludes halogenated alkanes) is 8. The van der Waals surface area contributed by atoms with Gasteiger partial charge in [-0.2, -0.15) is 0 Å². The Labute approximate surface area is 132 Å². The molecule has 0 saturated carbocycles. The van der Waals surface area contributed by atoms with Gasteiger partial charge in [-0.05, 0) is 12.8 Å². The van der Waals surface area contributed by atoms with Crippen LogP contribution in [0.1, 0.15) is 90.9 Å². The van der Waals surface area contributed by atoms with E-state index in [1.165, 1.54) is 64.2 Å². The number of hydrogen-bond donors (Lipinski definition) is 2. The van der Waals surface area contributed by atoms with Gasteiger partial charge in [0, 0.05) is 0 Å². The van der Waals surface area contributed by atoms with E-state index in [4.69, 9.17) is 9.84 Å². The maximum Gasteiger partial charge on any atom is 0.100 e. The van der Waals surface area contributed by atoms with Gasteiger partial charge >= 0.3 is 0 Å². The standard InChI is InChI=1S/C18H38O3/c1-3-5-7-9-11-13-18(21-16-17(20)15-19)14-12-10-8-6-4-2/h17-20H,3-16H2,1-2H3. The van der Waals surface area contributed by atoms with Crippen LogP contribution >= 0.6 is 0 Å². The van der Waals surface area contributed by atoms with Crippen LogP contribution in [-0.4, -0.2) is 35.6 Å². The van der Waals surface area contributed by atoms with Gasteiger partial charge in [0.1, 0.15) is 6.10 Å². The Morgan fingerprint density at radius 3 is 1.67 bits per heavy atom. The van der Waals surface area contributed by atoms with Gasteiger partial charge in [0.2, 0.25) is 0 Å². The number of aliphatic hydroxyl groups excluding tert-OH is 2. The molecule has 1 unspecified atom stereocenters. The molecule has 0 amide bonds. The molecular weight excluding hydrogens is 264 g/mol. The summed E-state index contributed by atoms with van der Waals surface area (Å²) in [5.74, 6) is 0. The van der Waals surface area contributed by atoms with E-state index in [2.05, 4.69) is 13.8 Å². The Morgan fingerprint density at radius 2 is 1.24 bits per heavy atom. The lowest BCUT2D eigenvalue weighted by Gasteiger charge is -2.19. The molecule has 1 atom stereocenters. The zero-order valence-electron chi connectivity index (χ0n) is 14.4. The van der Waals surface area contributed by atoms with Gasteiger partial charge in [-0.3, -0.25) is 0 Å². The van der Waals surface area contributed by atoms with Gasteiger partial charge in [0.25, 0.3) is 0 Å². The average Bonchev–Trinajstić information content (AvgIpc) is 2.50. The van der Waals surface area contributed by atoms with Gasteiger partial charge in [0.05, 0.1) is 19.3 Å². The highest BCUT2D eigenvalue weighted by molar-refractivity contribution is 4.62. The lowest BCUT2D eigenvalue weighted by molar-refractivity contribution is -0.0350. The fourth-order valence-corrected chi connectivity index (χ4v) is 2.56. The van der Waals surface area contributed by atoms with Crippen LogP contribution in [0.2, 0.25) is 0 Å². The highest BCUT2D eigenvalue weighted by atomic mass is 16.5. The molecule has 3 heteroatoms. The third-order valence-electron chi connectivity index (χ3n) is 3.99. The van der Waals surface area contributed by atoms with Crippen molar-refractivity contribution in [3.05, 3.63) is 0 Å². The second-order valence-electron chi connectivity index (χ2n) is 6.20. The smallest absolute Gasteiger partial charge is 0.100 e. The van der Waals surface area contributed by atoms with E-state index in [0.717, 1.165) is 12.8 Å². The molecule has 0 aromatic heterocycles. The Balaban J connectivity index is 3.80. The molecule has 0 fully saturated rings. The molecule has 0 aliphatic heterocycles. The molecule has 0 rings (SSSR count). The van der Waals surface area contributed by atoms with Gasteiger partial charge in [-0.1, -0.05) is 78.1 Å². The maximum absolute atomic E-state index is 9.41. The molecule has 21 heavy (non-hydrogen) atoms. The minimum Gasteiger partial charge on any atom is -0.394 e. The quantitative estimate of drug-likeness (QED) is 0.414. The van der Waals surface area contributed by atoms with Crippen LogP contribution in [0.3, 0.4) is 0 Å². The van der Waals surface area contributed by atoms with Gasteiger partial charge in [-0.15, -0.1) is 0 Å². The lowest BCUT2D eigenvalue weighted by atomic mass is 10.0. The first-order valence-corrected chi connectivity index (χ1v) is 9.15. The van der Waals surface area contributed by atoms with Gasteiger partial charge in [-0.25, -0.2) is 0 Å². The van der Waals surface area contributed by atoms with Crippen molar-refractivity contribution in [1.29, 1.82) is 0 Å². The van der Waals surface area contributed by atoms with Gasteiger partial charge < -0.3 is 14.9 Å². The lowest BCUT2D eigenvalue weighted by Crippen LogP contribution is -2.24. The summed E-state index contributed by atoms with van der Waals surface area (Å²) in [5, 5.41) is 18.3. The third-order valence-corrected chi connectivity index (χ3v) is 3.99. The molecule has 128 valence electrons. The predicted octanol–water partition coefficient (Wildman–Crippen LogP) is 4.45. The summed E-state index contributed by atoms with van der Waals surface area (Å²) in [6.45, 7) is 4.53. The Bertz CT molecular complexity index is 183.